The van der Waals surface area contributed by atoms with Gasteiger partial charge in [0.25, 0.3) is 0 Å². The molecule has 110 valence electrons. The molecule has 1 rings (SSSR count). The van der Waals surface area contributed by atoms with Crippen LogP contribution in [0.5, 0.6) is 0 Å². The van der Waals surface area contributed by atoms with E-state index in [4.69, 9.17) is 5.11 Å². The van der Waals surface area contributed by atoms with E-state index < -0.39 is 12.0 Å². The Hall–Kier alpha value is -2.11. The zero-order valence-corrected chi connectivity index (χ0v) is 11.8. The van der Waals surface area contributed by atoms with Gasteiger partial charge in [0.15, 0.2) is 0 Å². The number of urea groups is 1. The van der Waals surface area contributed by atoms with Crippen molar-refractivity contribution >= 4 is 12.0 Å². The Morgan fingerprint density at radius 2 is 2.00 bits per heavy atom. The van der Waals surface area contributed by atoms with Gasteiger partial charge in [0.2, 0.25) is 0 Å². The Balaban J connectivity index is 2.76. The molecule has 0 atom stereocenters. The molecule has 0 aromatic heterocycles. The van der Waals surface area contributed by atoms with Crippen LogP contribution in [-0.2, 0) is 11.3 Å². The molecule has 6 heteroatoms. The fraction of sp³-hybridized carbons (Fsp3) is 0.429. The highest BCUT2D eigenvalue weighted by atomic mass is 19.1. The van der Waals surface area contributed by atoms with Gasteiger partial charge < -0.3 is 14.9 Å². The van der Waals surface area contributed by atoms with Gasteiger partial charge in [-0.1, -0.05) is 12.1 Å². The van der Waals surface area contributed by atoms with Crippen molar-refractivity contribution in [2.45, 2.75) is 26.4 Å². The Kier molecular flexibility index (Phi) is 5.49. The molecule has 1 N–H and O–H groups in total. The van der Waals surface area contributed by atoms with Crippen LogP contribution < -0.4 is 0 Å². The SMILES string of the molecule is CC(C)N(CC(=O)O)C(=O)N(C)Cc1cccc(F)c1. The van der Waals surface area contributed by atoms with E-state index in [9.17, 15) is 14.0 Å². The molecule has 0 heterocycles. The Bertz CT molecular complexity index is 491. The predicted octanol–water partition coefficient (Wildman–Crippen LogP) is 2.17. The molecule has 0 bridgehead atoms. The molecule has 0 aliphatic carbocycles. The van der Waals surface area contributed by atoms with Gasteiger partial charge >= 0.3 is 12.0 Å². The molecule has 0 spiro atoms. The molecule has 20 heavy (non-hydrogen) atoms. The number of benzene rings is 1. The van der Waals surface area contributed by atoms with E-state index in [0.717, 1.165) is 0 Å². The number of hydrogen-bond donors (Lipinski definition) is 1. The quantitative estimate of drug-likeness (QED) is 0.900. The van der Waals surface area contributed by atoms with Crippen LogP contribution in [0.4, 0.5) is 9.18 Å². The highest BCUT2D eigenvalue weighted by Crippen LogP contribution is 2.09. The summed E-state index contributed by atoms with van der Waals surface area (Å²) in [5.41, 5.74) is 0.653. The summed E-state index contributed by atoms with van der Waals surface area (Å²) >= 11 is 0. The van der Waals surface area contributed by atoms with Crippen LogP contribution in [0.2, 0.25) is 0 Å². The lowest BCUT2D eigenvalue weighted by Crippen LogP contribution is -2.46. The number of nitrogens with zero attached hydrogens (tertiary/aromatic N) is 2. The van der Waals surface area contributed by atoms with Gasteiger partial charge in [-0.3, -0.25) is 4.79 Å². The Morgan fingerprint density at radius 3 is 2.50 bits per heavy atom. The molecule has 0 aliphatic rings. The molecule has 2 amide bonds. The van der Waals surface area contributed by atoms with Gasteiger partial charge in [0.05, 0.1) is 0 Å². The van der Waals surface area contributed by atoms with Crippen LogP contribution in [0, 0.1) is 5.82 Å². The molecule has 0 radical (unpaired) electrons. The van der Waals surface area contributed by atoms with Crippen molar-refractivity contribution in [3.05, 3.63) is 35.6 Å². The normalized spacial score (nSPS) is 10.4. The van der Waals surface area contributed by atoms with Gasteiger partial charge in [-0.25, -0.2) is 9.18 Å². The van der Waals surface area contributed by atoms with Crippen LogP contribution in [-0.4, -0.2) is 46.5 Å². The number of halogens is 1. The third-order valence-electron chi connectivity index (χ3n) is 2.81. The number of carboxylic acid groups (broad SMARTS) is 1. The summed E-state index contributed by atoms with van der Waals surface area (Å²) in [6.45, 7) is 3.36. The molecule has 1 aromatic carbocycles. The first kappa shape index (κ1) is 15.9. The summed E-state index contributed by atoms with van der Waals surface area (Å²) in [4.78, 5) is 25.6. The van der Waals surface area contributed by atoms with E-state index in [1.807, 2.05) is 0 Å². The highest BCUT2D eigenvalue weighted by Gasteiger charge is 2.23. The second-order valence-corrected chi connectivity index (χ2v) is 4.88. The second kappa shape index (κ2) is 6.88. The molecule has 0 aliphatic heterocycles. The minimum Gasteiger partial charge on any atom is -0.480 e. The minimum atomic E-state index is -1.06. The van der Waals surface area contributed by atoms with Crippen molar-refractivity contribution in [3.8, 4) is 0 Å². The lowest BCUT2D eigenvalue weighted by molar-refractivity contribution is -0.138. The summed E-state index contributed by atoms with van der Waals surface area (Å²) in [6, 6.07) is 5.33. The third-order valence-corrected chi connectivity index (χ3v) is 2.81. The van der Waals surface area contributed by atoms with Crippen LogP contribution in [0.15, 0.2) is 24.3 Å². The third kappa shape index (κ3) is 4.53. The Morgan fingerprint density at radius 1 is 1.35 bits per heavy atom. The van der Waals surface area contributed by atoms with Gasteiger partial charge in [0, 0.05) is 19.6 Å². The maximum atomic E-state index is 13.1. The number of carboxylic acids is 1. The number of rotatable bonds is 5. The van der Waals surface area contributed by atoms with E-state index in [1.165, 1.54) is 21.9 Å². The molecular formula is C14H19FN2O3. The molecular weight excluding hydrogens is 263 g/mol. The predicted molar refractivity (Wildman–Crippen MR) is 72.7 cm³/mol. The number of carbonyl (C=O) groups excluding carboxylic acids is 1. The Labute approximate surface area is 117 Å². The van der Waals surface area contributed by atoms with Crippen molar-refractivity contribution in [1.82, 2.24) is 9.80 Å². The van der Waals surface area contributed by atoms with Gasteiger partial charge in [0.1, 0.15) is 12.4 Å². The summed E-state index contributed by atoms with van der Waals surface area (Å²) in [5.74, 6) is -1.43. The summed E-state index contributed by atoms with van der Waals surface area (Å²) in [7, 11) is 1.56. The van der Waals surface area contributed by atoms with Crippen molar-refractivity contribution in [3.63, 3.8) is 0 Å². The largest absolute Gasteiger partial charge is 0.480 e. The average molecular weight is 282 g/mol. The maximum Gasteiger partial charge on any atom is 0.323 e. The number of aliphatic carboxylic acids is 1. The van der Waals surface area contributed by atoms with Crippen LogP contribution in [0.25, 0.3) is 0 Å². The van der Waals surface area contributed by atoms with Crippen molar-refractivity contribution in [1.29, 1.82) is 0 Å². The van der Waals surface area contributed by atoms with Crippen LogP contribution >= 0.6 is 0 Å². The van der Waals surface area contributed by atoms with Crippen molar-refractivity contribution in [2.24, 2.45) is 0 Å². The monoisotopic (exact) mass is 282 g/mol. The lowest BCUT2D eigenvalue weighted by atomic mass is 10.2. The van der Waals surface area contributed by atoms with E-state index in [0.29, 0.717) is 5.56 Å². The minimum absolute atomic E-state index is 0.222. The second-order valence-electron chi connectivity index (χ2n) is 4.88. The van der Waals surface area contributed by atoms with Crippen LogP contribution in [0.1, 0.15) is 19.4 Å². The molecule has 5 nitrogen and oxygen atoms in total. The summed E-state index contributed by atoms with van der Waals surface area (Å²) in [5, 5.41) is 8.83. The summed E-state index contributed by atoms with van der Waals surface area (Å²) in [6.07, 6.45) is 0. The van der Waals surface area contributed by atoms with Gasteiger partial charge in [-0.2, -0.15) is 0 Å². The highest BCUT2D eigenvalue weighted by molar-refractivity contribution is 5.80. The first-order valence-corrected chi connectivity index (χ1v) is 6.29. The molecule has 0 saturated carbocycles. The smallest absolute Gasteiger partial charge is 0.323 e. The van der Waals surface area contributed by atoms with Gasteiger partial charge in [-0.05, 0) is 31.5 Å². The lowest BCUT2D eigenvalue weighted by Gasteiger charge is -2.30. The first-order chi connectivity index (χ1) is 9.31. The molecule has 0 unspecified atom stereocenters. The maximum absolute atomic E-state index is 13.1. The van der Waals surface area contributed by atoms with Crippen molar-refractivity contribution in [2.75, 3.05) is 13.6 Å². The molecule has 1 aromatic rings. The zero-order valence-electron chi connectivity index (χ0n) is 11.8. The fourth-order valence-corrected chi connectivity index (χ4v) is 1.81. The number of hydrogen-bond acceptors (Lipinski definition) is 2. The zero-order chi connectivity index (χ0) is 15.3. The standard InChI is InChI=1S/C14H19FN2O3/c1-10(2)17(9-13(18)19)14(20)16(3)8-11-5-4-6-12(15)7-11/h4-7,10H,8-9H2,1-3H3,(H,18,19). The molecule has 0 saturated heterocycles. The average Bonchev–Trinajstić information content (AvgIpc) is 2.34. The van der Waals surface area contributed by atoms with Crippen molar-refractivity contribution < 1.29 is 19.1 Å². The number of carbonyl (C=O) groups is 2. The summed E-state index contributed by atoms with van der Waals surface area (Å²) < 4.78 is 13.1. The number of amides is 2. The first-order valence-electron chi connectivity index (χ1n) is 6.29. The molecule has 0 fully saturated rings. The van der Waals surface area contributed by atoms with E-state index in [2.05, 4.69) is 0 Å². The fourth-order valence-electron chi connectivity index (χ4n) is 1.81. The van der Waals surface area contributed by atoms with Gasteiger partial charge in [-0.15, -0.1) is 0 Å². The topological polar surface area (TPSA) is 60.9 Å². The van der Waals surface area contributed by atoms with E-state index in [-0.39, 0.29) is 24.9 Å². The van der Waals surface area contributed by atoms with E-state index in [1.54, 1.807) is 33.0 Å². The van der Waals surface area contributed by atoms with Crippen LogP contribution in [0.3, 0.4) is 0 Å². The van der Waals surface area contributed by atoms with E-state index >= 15 is 0 Å².